The summed E-state index contributed by atoms with van der Waals surface area (Å²) in [6, 6.07) is 6.98. The number of carbonyl (C=O) groups excluding carboxylic acids is 2. The first-order chi connectivity index (χ1) is 13.0. The maximum atomic E-state index is 12.3. The van der Waals surface area contributed by atoms with Crippen molar-refractivity contribution in [3.05, 3.63) is 58.7 Å². The molecule has 0 radical (unpaired) electrons. The van der Waals surface area contributed by atoms with Crippen LogP contribution < -0.4 is 11.1 Å². The summed E-state index contributed by atoms with van der Waals surface area (Å²) in [6.07, 6.45) is 0.396. The van der Waals surface area contributed by atoms with Crippen molar-refractivity contribution in [3.63, 3.8) is 0 Å². The van der Waals surface area contributed by atoms with Gasteiger partial charge in [-0.2, -0.15) is 16.8 Å². The van der Waals surface area contributed by atoms with Crippen LogP contribution >= 0.6 is 0 Å². The van der Waals surface area contributed by atoms with Crippen molar-refractivity contribution >= 4 is 32.4 Å². The Morgan fingerprint density at radius 1 is 0.964 bits per heavy atom. The van der Waals surface area contributed by atoms with Gasteiger partial charge in [-0.05, 0) is 29.3 Å². The number of hydrogen-bond donors (Lipinski definition) is 4. The molecule has 0 saturated carbocycles. The first-order valence-corrected chi connectivity index (χ1v) is 10.5. The molecule has 2 aromatic rings. The summed E-state index contributed by atoms with van der Waals surface area (Å²) >= 11 is 0. The van der Waals surface area contributed by atoms with Crippen molar-refractivity contribution in [2.24, 2.45) is 5.73 Å². The Kier molecular flexibility index (Phi) is 6.31. The Bertz CT molecular complexity index is 1140. The summed E-state index contributed by atoms with van der Waals surface area (Å²) in [5.41, 5.74) is 5.41. The highest BCUT2D eigenvalue weighted by molar-refractivity contribution is 7.86. The molecule has 0 atom stereocenters. The molecule has 2 aromatic carbocycles. The highest BCUT2D eigenvalue weighted by atomic mass is 32.2. The van der Waals surface area contributed by atoms with Gasteiger partial charge in [0.2, 0.25) is 0 Å². The van der Waals surface area contributed by atoms with Crippen molar-refractivity contribution in [1.29, 1.82) is 0 Å². The van der Waals surface area contributed by atoms with E-state index in [-0.39, 0.29) is 35.3 Å². The van der Waals surface area contributed by atoms with E-state index in [1.807, 2.05) is 0 Å². The fourth-order valence-corrected chi connectivity index (χ4v) is 3.93. The highest BCUT2D eigenvalue weighted by Gasteiger charge is 2.19. The monoisotopic (exact) mass is 428 g/mol. The lowest BCUT2D eigenvalue weighted by molar-refractivity contribution is 0.0949. The second-order valence-corrected chi connectivity index (χ2v) is 8.42. The molecule has 28 heavy (non-hydrogen) atoms. The fraction of sp³-hybridized carbons (Fsp3) is 0.125. The molecular formula is C16H16N2O8S2. The van der Waals surface area contributed by atoms with Crippen LogP contribution in [0.15, 0.2) is 46.2 Å². The third-order valence-corrected chi connectivity index (χ3v) is 5.64. The molecule has 1 amide bonds. The normalized spacial score (nSPS) is 11.8. The average molecular weight is 428 g/mol. The molecule has 0 saturated heterocycles. The van der Waals surface area contributed by atoms with Gasteiger partial charge in [0.05, 0.1) is 9.79 Å². The maximum Gasteiger partial charge on any atom is 0.294 e. The number of amides is 1. The molecule has 10 nitrogen and oxygen atoms in total. The van der Waals surface area contributed by atoms with Crippen LogP contribution in [0.4, 0.5) is 0 Å². The van der Waals surface area contributed by atoms with Gasteiger partial charge in [-0.1, -0.05) is 18.2 Å². The van der Waals surface area contributed by atoms with Crippen LogP contribution in [0.5, 0.6) is 0 Å². The SMILES string of the molecule is NCc1ccc(C(=O)NCc2ccc(C=O)cc2S(=O)(=O)O)cc1S(=O)(=O)O. The van der Waals surface area contributed by atoms with Crippen molar-refractivity contribution in [2.45, 2.75) is 22.9 Å². The highest BCUT2D eigenvalue weighted by Crippen LogP contribution is 2.19. The van der Waals surface area contributed by atoms with Crippen molar-refractivity contribution in [2.75, 3.05) is 0 Å². The second-order valence-electron chi connectivity index (χ2n) is 5.64. The van der Waals surface area contributed by atoms with Crippen LogP contribution in [0.2, 0.25) is 0 Å². The van der Waals surface area contributed by atoms with E-state index in [2.05, 4.69) is 5.32 Å². The molecule has 0 bridgehead atoms. The minimum atomic E-state index is -4.65. The van der Waals surface area contributed by atoms with E-state index < -0.39 is 35.9 Å². The Morgan fingerprint density at radius 2 is 1.54 bits per heavy atom. The van der Waals surface area contributed by atoms with Crippen molar-refractivity contribution in [1.82, 2.24) is 5.32 Å². The third kappa shape index (κ3) is 4.99. The largest absolute Gasteiger partial charge is 0.348 e. The predicted octanol–water partition coefficient (Wildman–Crippen LogP) is 0.381. The summed E-state index contributed by atoms with van der Waals surface area (Å²) in [7, 11) is -9.26. The minimum Gasteiger partial charge on any atom is -0.348 e. The van der Waals surface area contributed by atoms with E-state index in [9.17, 15) is 35.5 Å². The summed E-state index contributed by atoms with van der Waals surface area (Å²) < 4.78 is 64.4. The lowest BCUT2D eigenvalue weighted by Gasteiger charge is -2.11. The van der Waals surface area contributed by atoms with Crippen LogP contribution in [0.1, 0.15) is 31.8 Å². The van der Waals surface area contributed by atoms with E-state index >= 15 is 0 Å². The summed E-state index contributed by atoms with van der Waals surface area (Å²) in [4.78, 5) is 22.0. The molecule has 12 heteroatoms. The molecule has 150 valence electrons. The third-order valence-electron chi connectivity index (χ3n) is 3.77. The topological polar surface area (TPSA) is 181 Å². The van der Waals surface area contributed by atoms with Gasteiger partial charge in [0, 0.05) is 24.2 Å². The quantitative estimate of drug-likeness (QED) is 0.358. The minimum absolute atomic E-state index is 0.00929. The van der Waals surface area contributed by atoms with Crippen LogP contribution in [-0.4, -0.2) is 38.1 Å². The first kappa shape index (κ1) is 21.7. The Labute approximate surface area is 160 Å². The number of rotatable bonds is 7. The van der Waals surface area contributed by atoms with E-state index in [0.717, 1.165) is 12.1 Å². The summed E-state index contributed by atoms with van der Waals surface area (Å²) in [5.74, 6) is -0.769. The number of benzene rings is 2. The van der Waals surface area contributed by atoms with Crippen LogP contribution in [0.3, 0.4) is 0 Å². The van der Waals surface area contributed by atoms with Gasteiger partial charge in [-0.25, -0.2) is 0 Å². The lowest BCUT2D eigenvalue weighted by Crippen LogP contribution is -2.24. The molecule has 0 heterocycles. The predicted molar refractivity (Wildman–Crippen MR) is 97.0 cm³/mol. The molecule has 2 rings (SSSR count). The zero-order valence-electron chi connectivity index (χ0n) is 14.2. The number of carbonyl (C=O) groups is 2. The zero-order chi connectivity index (χ0) is 21.1. The van der Waals surface area contributed by atoms with Gasteiger partial charge >= 0.3 is 0 Å². The fourth-order valence-electron chi connectivity index (χ4n) is 2.41. The van der Waals surface area contributed by atoms with E-state index in [0.29, 0.717) is 6.29 Å². The Balaban J connectivity index is 2.32. The molecule has 0 unspecified atom stereocenters. The second kappa shape index (κ2) is 8.16. The summed E-state index contributed by atoms with van der Waals surface area (Å²) in [5, 5.41) is 2.37. The van der Waals surface area contributed by atoms with Crippen LogP contribution in [-0.2, 0) is 33.3 Å². The van der Waals surface area contributed by atoms with Gasteiger partial charge in [0.15, 0.2) is 0 Å². The maximum absolute atomic E-state index is 12.3. The van der Waals surface area contributed by atoms with Gasteiger partial charge < -0.3 is 11.1 Å². The molecule has 0 aliphatic carbocycles. The molecule has 5 N–H and O–H groups in total. The molecule has 0 aliphatic rings. The Morgan fingerprint density at radius 3 is 2.07 bits per heavy atom. The number of nitrogens with one attached hydrogen (secondary N) is 1. The zero-order valence-corrected chi connectivity index (χ0v) is 15.8. The molecule has 0 fully saturated rings. The standard InChI is InChI=1S/C16H16N2O8S2/c17-7-12-4-3-11(6-15(12)28(24,25)26)16(20)18-8-13-2-1-10(9-19)5-14(13)27(21,22)23/h1-6,9H,7-8,17H2,(H,18,20)(H,21,22,23)(H,24,25,26). The average Bonchev–Trinajstić information content (AvgIpc) is 2.63. The van der Waals surface area contributed by atoms with E-state index in [1.54, 1.807) is 0 Å². The molecule has 0 aliphatic heterocycles. The Hall–Kier alpha value is -2.64. The summed E-state index contributed by atoms with van der Waals surface area (Å²) in [6.45, 7) is -0.523. The molecule has 0 aromatic heterocycles. The van der Waals surface area contributed by atoms with Crippen molar-refractivity contribution in [3.8, 4) is 0 Å². The van der Waals surface area contributed by atoms with Crippen LogP contribution in [0, 0.1) is 0 Å². The van der Waals surface area contributed by atoms with E-state index in [1.165, 1.54) is 24.3 Å². The molecular weight excluding hydrogens is 412 g/mol. The first-order valence-electron chi connectivity index (χ1n) is 7.61. The van der Waals surface area contributed by atoms with E-state index in [4.69, 9.17) is 5.73 Å². The molecule has 0 spiro atoms. The number of nitrogens with two attached hydrogens (primary N) is 1. The number of aldehydes is 1. The van der Waals surface area contributed by atoms with Gasteiger partial charge in [-0.3, -0.25) is 18.7 Å². The smallest absolute Gasteiger partial charge is 0.294 e. The van der Waals surface area contributed by atoms with Gasteiger partial charge in [-0.15, -0.1) is 0 Å². The lowest BCUT2D eigenvalue weighted by atomic mass is 10.1. The number of hydrogen-bond acceptors (Lipinski definition) is 7. The van der Waals surface area contributed by atoms with Crippen molar-refractivity contribution < 1.29 is 35.5 Å². The van der Waals surface area contributed by atoms with Crippen LogP contribution in [0.25, 0.3) is 0 Å². The van der Waals surface area contributed by atoms with Gasteiger partial charge in [0.1, 0.15) is 6.29 Å². The van der Waals surface area contributed by atoms with Gasteiger partial charge in [0.25, 0.3) is 26.1 Å².